The number of aryl methyl sites for hydroxylation is 2. The number of ether oxygens (including phenoxy) is 1. The van der Waals surface area contributed by atoms with E-state index in [1.807, 2.05) is 49.3 Å². The van der Waals surface area contributed by atoms with Crippen LogP contribution in [0.25, 0.3) is 0 Å². The van der Waals surface area contributed by atoms with Gasteiger partial charge in [-0.25, -0.2) is 0 Å². The lowest BCUT2D eigenvalue weighted by molar-refractivity contribution is -0.168. The molecule has 148 valence electrons. The molecular formula is C21H26N4O3. The highest BCUT2D eigenvalue weighted by Crippen LogP contribution is 2.35. The van der Waals surface area contributed by atoms with E-state index in [9.17, 15) is 9.59 Å². The Hall–Kier alpha value is -2.67. The van der Waals surface area contributed by atoms with Crippen molar-refractivity contribution in [1.29, 1.82) is 0 Å². The number of carbonyl (C=O) groups excluding carboxylic acids is 2. The average Bonchev–Trinajstić information content (AvgIpc) is 3.44. The van der Waals surface area contributed by atoms with E-state index < -0.39 is 12.1 Å². The third kappa shape index (κ3) is 3.54. The molecule has 28 heavy (non-hydrogen) atoms. The number of rotatable bonds is 5. The van der Waals surface area contributed by atoms with Crippen LogP contribution in [0.2, 0.25) is 0 Å². The lowest BCUT2D eigenvalue weighted by Crippen LogP contribution is -2.54. The summed E-state index contributed by atoms with van der Waals surface area (Å²) in [5.41, 5.74) is 2.99. The normalized spacial score (nSPS) is 22.4. The summed E-state index contributed by atoms with van der Waals surface area (Å²) in [5.74, 6) is -0.165. The molecule has 1 aliphatic heterocycles. The zero-order valence-corrected chi connectivity index (χ0v) is 16.5. The van der Waals surface area contributed by atoms with E-state index in [0.29, 0.717) is 6.54 Å². The zero-order valence-electron chi connectivity index (χ0n) is 16.5. The Morgan fingerprint density at radius 2 is 2.04 bits per heavy atom. The first-order valence-electron chi connectivity index (χ1n) is 9.66. The van der Waals surface area contributed by atoms with Crippen LogP contribution in [0.3, 0.4) is 0 Å². The number of amides is 2. The van der Waals surface area contributed by atoms with Crippen molar-refractivity contribution in [1.82, 2.24) is 19.6 Å². The minimum atomic E-state index is -0.707. The third-order valence-electron chi connectivity index (χ3n) is 5.62. The first-order valence-corrected chi connectivity index (χ1v) is 9.66. The van der Waals surface area contributed by atoms with Crippen molar-refractivity contribution in [3.63, 3.8) is 0 Å². The minimum absolute atomic E-state index is 0.0565. The Kier molecular flexibility index (Phi) is 4.93. The third-order valence-corrected chi connectivity index (χ3v) is 5.62. The molecule has 1 aromatic heterocycles. The van der Waals surface area contributed by atoms with Crippen LogP contribution in [0, 0.1) is 6.92 Å². The van der Waals surface area contributed by atoms with Gasteiger partial charge in [0.05, 0.1) is 12.2 Å². The Bertz CT molecular complexity index is 889. The lowest BCUT2D eigenvalue weighted by Gasteiger charge is -2.40. The van der Waals surface area contributed by atoms with Crippen molar-refractivity contribution in [2.45, 2.75) is 44.5 Å². The fourth-order valence-corrected chi connectivity index (χ4v) is 3.90. The number of aromatic nitrogens is 2. The minimum Gasteiger partial charge on any atom is -0.356 e. The molecule has 0 bridgehead atoms. The van der Waals surface area contributed by atoms with Crippen LogP contribution in [0.15, 0.2) is 36.7 Å². The van der Waals surface area contributed by atoms with Gasteiger partial charge in [0.15, 0.2) is 6.10 Å². The van der Waals surface area contributed by atoms with Gasteiger partial charge in [0.25, 0.3) is 5.91 Å². The maximum absolute atomic E-state index is 13.6. The zero-order chi connectivity index (χ0) is 19.8. The number of benzene rings is 1. The van der Waals surface area contributed by atoms with Gasteiger partial charge >= 0.3 is 0 Å². The maximum Gasteiger partial charge on any atom is 0.254 e. The van der Waals surface area contributed by atoms with Crippen molar-refractivity contribution in [3.8, 4) is 0 Å². The monoisotopic (exact) mass is 382 g/mol. The van der Waals surface area contributed by atoms with E-state index >= 15 is 0 Å². The van der Waals surface area contributed by atoms with Crippen molar-refractivity contribution in [3.05, 3.63) is 53.3 Å². The molecule has 7 heteroatoms. The predicted molar refractivity (Wildman–Crippen MR) is 103 cm³/mol. The quantitative estimate of drug-likeness (QED) is 0.791. The molecule has 2 heterocycles. The number of hydrogen-bond acceptors (Lipinski definition) is 4. The fourth-order valence-electron chi connectivity index (χ4n) is 3.90. The summed E-state index contributed by atoms with van der Waals surface area (Å²) in [6.45, 7) is 2.44. The molecule has 0 unspecified atom stereocenters. The van der Waals surface area contributed by atoms with E-state index in [-0.39, 0.29) is 24.5 Å². The van der Waals surface area contributed by atoms with Crippen LogP contribution in [-0.2, 0) is 27.9 Å². The summed E-state index contributed by atoms with van der Waals surface area (Å²) in [5, 5.41) is 4.21. The van der Waals surface area contributed by atoms with E-state index in [0.717, 1.165) is 29.5 Å². The van der Waals surface area contributed by atoms with E-state index in [1.165, 1.54) is 0 Å². The largest absolute Gasteiger partial charge is 0.356 e. The second-order valence-electron chi connectivity index (χ2n) is 7.76. The molecule has 2 amide bonds. The summed E-state index contributed by atoms with van der Waals surface area (Å²) in [6, 6.07) is 7.67. The number of hydrogen-bond donors (Lipinski definition) is 0. The molecule has 2 aliphatic rings. The summed E-state index contributed by atoms with van der Waals surface area (Å²) in [6.07, 6.45) is 5.02. The summed E-state index contributed by atoms with van der Waals surface area (Å²) < 4.78 is 7.58. The highest BCUT2D eigenvalue weighted by molar-refractivity contribution is 5.87. The van der Waals surface area contributed by atoms with Crippen LogP contribution in [-0.4, -0.2) is 57.2 Å². The van der Waals surface area contributed by atoms with Crippen molar-refractivity contribution < 1.29 is 14.3 Å². The number of morpholine rings is 1. The first kappa shape index (κ1) is 18.7. The molecule has 1 saturated heterocycles. The van der Waals surface area contributed by atoms with Gasteiger partial charge < -0.3 is 14.5 Å². The second-order valence-corrected chi connectivity index (χ2v) is 7.76. The summed E-state index contributed by atoms with van der Waals surface area (Å²) in [7, 11) is 3.62. The summed E-state index contributed by atoms with van der Waals surface area (Å²) in [4.78, 5) is 29.5. The molecule has 4 rings (SSSR count). The SMILES string of the molecule is Cc1ccccc1[C@@H]1[C@@H](C(=O)N(Cc2cnn(C)c2)C2CC2)OCC(=O)N1C. The highest BCUT2D eigenvalue weighted by atomic mass is 16.5. The van der Waals surface area contributed by atoms with E-state index in [4.69, 9.17) is 4.74 Å². The van der Waals surface area contributed by atoms with Gasteiger partial charge in [-0.05, 0) is 30.9 Å². The Labute approximate surface area is 164 Å². The topological polar surface area (TPSA) is 67.7 Å². The molecular weight excluding hydrogens is 356 g/mol. The van der Waals surface area contributed by atoms with Gasteiger partial charge in [0.1, 0.15) is 6.61 Å². The molecule has 2 atom stereocenters. The van der Waals surface area contributed by atoms with Gasteiger partial charge in [-0.1, -0.05) is 24.3 Å². The molecule has 2 aromatic rings. The van der Waals surface area contributed by atoms with Gasteiger partial charge in [-0.15, -0.1) is 0 Å². The van der Waals surface area contributed by atoms with Crippen LogP contribution >= 0.6 is 0 Å². The predicted octanol–water partition coefficient (Wildman–Crippen LogP) is 1.82. The first-order chi connectivity index (χ1) is 13.5. The fraction of sp³-hybridized carbons (Fsp3) is 0.476. The van der Waals surface area contributed by atoms with Gasteiger partial charge in [0, 0.05) is 38.4 Å². The maximum atomic E-state index is 13.6. The molecule has 0 spiro atoms. The summed E-state index contributed by atoms with van der Waals surface area (Å²) >= 11 is 0. The van der Waals surface area contributed by atoms with Crippen molar-refractivity contribution >= 4 is 11.8 Å². The Morgan fingerprint density at radius 3 is 2.68 bits per heavy atom. The molecule has 0 radical (unpaired) electrons. The molecule has 7 nitrogen and oxygen atoms in total. The van der Waals surface area contributed by atoms with Crippen LogP contribution < -0.4 is 0 Å². The lowest BCUT2D eigenvalue weighted by atomic mass is 9.93. The molecule has 1 aromatic carbocycles. The van der Waals surface area contributed by atoms with Gasteiger partial charge in [-0.3, -0.25) is 14.3 Å². The van der Waals surface area contributed by atoms with E-state index in [2.05, 4.69) is 5.10 Å². The molecule has 1 saturated carbocycles. The standard InChI is InChI=1S/C21H26N4O3/c1-14-6-4-5-7-17(14)19-20(28-13-18(26)24(19)3)21(27)25(16-8-9-16)12-15-10-22-23(2)11-15/h4-7,10-11,16,19-20H,8-9,12-13H2,1-3H3/t19-,20+/m1/s1. The Balaban J connectivity index is 1.64. The van der Waals surface area contributed by atoms with Crippen molar-refractivity contribution in [2.75, 3.05) is 13.7 Å². The van der Waals surface area contributed by atoms with E-state index in [1.54, 1.807) is 22.8 Å². The van der Waals surface area contributed by atoms with Crippen LogP contribution in [0.1, 0.15) is 35.6 Å². The number of carbonyl (C=O) groups is 2. The molecule has 0 N–H and O–H groups in total. The van der Waals surface area contributed by atoms with Crippen LogP contribution in [0.5, 0.6) is 0 Å². The molecule has 1 aliphatic carbocycles. The Morgan fingerprint density at radius 1 is 1.29 bits per heavy atom. The van der Waals surface area contributed by atoms with Gasteiger partial charge in [0.2, 0.25) is 5.91 Å². The second kappa shape index (κ2) is 7.39. The van der Waals surface area contributed by atoms with Crippen LogP contribution in [0.4, 0.5) is 0 Å². The number of likely N-dealkylation sites (N-methyl/N-ethyl adjacent to an activating group) is 1. The smallest absolute Gasteiger partial charge is 0.254 e. The van der Waals surface area contributed by atoms with Gasteiger partial charge in [-0.2, -0.15) is 5.10 Å². The molecule has 2 fully saturated rings. The average molecular weight is 382 g/mol. The van der Waals surface area contributed by atoms with Crippen molar-refractivity contribution in [2.24, 2.45) is 7.05 Å². The number of nitrogens with zero attached hydrogens (tertiary/aromatic N) is 4. The highest BCUT2D eigenvalue weighted by Gasteiger charge is 2.45.